The van der Waals surface area contributed by atoms with E-state index in [0.717, 1.165) is 15.3 Å². The molecule has 0 unspecified atom stereocenters. The van der Waals surface area contributed by atoms with Gasteiger partial charge in [-0.2, -0.15) is 0 Å². The van der Waals surface area contributed by atoms with Crippen LogP contribution in [0.5, 0.6) is 0 Å². The fourth-order valence-electron chi connectivity index (χ4n) is 1.91. The Balaban J connectivity index is 2.22. The number of hydroxylamine groups is 2. The maximum absolute atomic E-state index is 12.5. The molecule has 0 radical (unpaired) electrons. The minimum Gasteiger partial charge on any atom is -0.284 e. The Labute approximate surface area is 119 Å². The van der Waals surface area contributed by atoms with Gasteiger partial charge in [-0.3, -0.25) is 19.0 Å². The van der Waals surface area contributed by atoms with E-state index >= 15 is 0 Å². The van der Waals surface area contributed by atoms with Gasteiger partial charge in [0, 0.05) is 25.0 Å². The number of carbonyl (C=O) groups excluding carboxylic acids is 1. The topological polar surface area (TPSA) is 59.7 Å². The molecule has 3 heterocycles. The van der Waals surface area contributed by atoms with Gasteiger partial charge >= 0.3 is 0 Å². The quantitative estimate of drug-likeness (QED) is 0.692. The monoisotopic (exact) mass is 288 g/mol. The first-order valence-corrected chi connectivity index (χ1v) is 6.71. The molecule has 0 N–H and O–H groups in total. The van der Waals surface area contributed by atoms with Crippen LogP contribution >= 0.6 is 11.3 Å². The van der Waals surface area contributed by atoms with Crippen molar-refractivity contribution in [2.45, 2.75) is 0 Å². The third kappa shape index (κ3) is 1.97. The second-order valence-corrected chi connectivity index (χ2v) is 5.14. The molecule has 0 aliphatic rings. The van der Waals surface area contributed by atoms with Gasteiger partial charge in [-0.05, 0) is 6.07 Å². The van der Waals surface area contributed by atoms with Gasteiger partial charge in [0.1, 0.15) is 16.9 Å². The van der Waals surface area contributed by atoms with Crippen molar-refractivity contribution in [2.24, 2.45) is 0 Å². The molecule has 0 aliphatic heterocycles. The summed E-state index contributed by atoms with van der Waals surface area (Å²) in [6, 6.07) is 3.77. The molecular formula is C13H12N4O2S. The van der Waals surface area contributed by atoms with Gasteiger partial charge in [-0.15, -0.1) is 11.3 Å². The molecule has 3 rings (SSSR count). The molecule has 0 aliphatic carbocycles. The van der Waals surface area contributed by atoms with Gasteiger partial charge in [0.2, 0.25) is 0 Å². The van der Waals surface area contributed by atoms with Crippen molar-refractivity contribution in [3.63, 3.8) is 0 Å². The number of aromatic nitrogens is 3. The van der Waals surface area contributed by atoms with E-state index in [1.165, 1.54) is 23.5 Å². The van der Waals surface area contributed by atoms with Crippen LogP contribution in [0.3, 0.4) is 0 Å². The van der Waals surface area contributed by atoms with E-state index in [1.54, 1.807) is 36.4 Å². The Morgan fingerprint density at radius 3 is 2.95 bits per heavy atom. The first-order valence-electron chi connectivity index (χ1n) is 5.89. The second kappa shape index (κ2) is 5.03. The van der Waals surface area contributed by atoms with Gasteiger partial charge in [0.05, 0.1) is 18.2 Å². The summed E-state index contributed by atoms with van der Waals surface area (Å²) in [6.45, 7) is 0. The Morgan fingerprint density at radius 1 is 1.40 bits per heavy atom. The van der Waals surface area contributed by atoms with E-state index in [0.29, 0.717) is 5.69 Å². The maximum Gasteiger partial charge on any atom is 0.295 e. The van der Waals surface area contributed by atoms with Crippen LogP contribution in [0.15, 0.2) is 37.1 Å². The molecule has 102 valence electrons. The van der Waals surface area contributed by atoms with Crippen LogP contribution in [0, 0.1) is 0 Å². The Morgan fingerprint density at radius 2 is 2.25 bits per heavy atom. The highest BCUT2D eigenvalue weighted by Crippen LogP contribution is 2.33. The van der Waals surface area contributed by atoms with E-state index in [1.807, 2.05) is 12.1 Å². The fourth-order valence-corrected chi connectivity index (χ4v) is 2.99. The van der Waals surface area contributed by atoms with Crippen molar-refractivity contribution in [3.05, 3.63) is 42.7 Å². The summed E-state index contributed by atoms with van der Waals surface area (Å²) in [6.07, 6.45) is 6.80. The summed E-state index contributed by atoms with van der Waals surface area (Å²) in [5.41, 5.74) is 1.42. The van der Waals surface area contributed by atoms with Crippen molar-refractivity contribution in [2.75, 3.05) is 14.2 Å². The zero-order valence-electron chi connectivity index (χ0n) is 11.0. The zero-order valence-corrected chi connectivity index (χ0v) is 11.8. The summed E-state index contributed by atoms with van der Waals surface area (Å²) in [4.78, 5) is 27.4. The van der Waals surface area contributed by atoms with E-state index in [4.69, 9.17) is 4.84 Å². The van der Waals surface area contributed by atoms with Crippen LogP contribution in [0.1, 0.15) is 10.5 Å². The smallest absolute Gasteiger partial charge is 0.284 e. The predicted octanol–water partition coefficient (Wildman–Crippen LogP) is 2.09. The van der Waals surface area contributed by atoms with Crippen molar-refractivity contribution in [1.82, 2.24) is 19.4 Å². The van der Waals surface area contributed by atoms with Crippen LogP contribution < -0.4 is 0 Å². The Hall–Kier alpha value is -2.25. The van der Waals surface area contributed by atoms with Gasteiger partial charge in [0.25, 0.3) is 5.91 Å². The SMILES string of the molecule is CON(C)C(=O)c1c(-c2cccnc2)sc2cncn12. The number of hydrogen-bond donors (Lipinski definition) is 0. The number of amides is 1. The van der Waals surface area contributed by atoms with Gasteiger partial charge in [0.15, 0.2) is 0 Å². The van der Waals surface area contributed by atoms with Gasteiger partial charge in [-0.25, -0.2) is 10.0 Å². The van der Waals surface area contributed by atoms with Crippen LogP contribution in [0.2, 0.25) is 0 Å². The number of imidazole rings is 1. The lowest BCUT2D eigenvalue weighted by Crippen LogP contribution is -2.26. The van der Waals surface area contributed by atoms with Crippen molar-refractivity contribution >= 4 is 22.1 Å². The molecule has 6 nitrogen and oxygen atoms in total. The first-order chi connectivity index (χ1) is 9.72. The summed E-state index contributed by atoms with van der Waals surface area (Å²) < 4.78 is 1.77. The third-order valence-corrected chi connectivity index (χ3v) is 4.10. The van der Waals surface area contributed by atoms with Crippen molar-refractivity contribution in [3.8, 4) is 10.4 Å². The highest BCUT2D eigenvalue weighted by molar-refractivity contribution is 7.21. The van der Waals surface area contributed by atoms with Crippen LogP contribution in [0.4, 0.5) is 0 Å². The average Bonchev–Trinajstić information content (AvgIpc) is 3.07. The largest absolute Gasteiger partial charge is 0.295 e. The second-order valence-electron chi connectivity index (χ2n) is 4.11. The average molecular weight is 288 g/mol. The van der Waals surface area contributed by atoms with Gasteiger partial charge in [-0.1, -0.05) is 6.07 Å². The first kappa shape index (κ1) is 12.8. The molecule has 3 aromatic heterocycles. The molecule has 0 saturated heterocycles. The number of hydrogen-bond acceptors (Lipinski definition) is 5. The lowest BCUT2D eigenvalue weighted by Gasteiger charge is -2.14. The molecule has 0 spiro atoms. The predicted molar refractivity (Wildman–Crippen MR) is 75.4 cm³/mol. The molecule has 3 aromatic rings. The van der Waals surface area contributed by atoms with E-state index in [-0.39, 0.29) is 5.91 Å². The summed E-state index contributed by atoms with van der Waals surface area (Å²) in [5, 5.41) is 1.20. The van der Waals surface area contributed by atoms with Crippen molar-refractivity contribution < 1.29 is 9.63 Å². The lowest BCUT2D eigenvalue weighted by atomic mass is 10.2. The van der Waals surface area contributed by atoms with Crippen LogP contribution in [0.25, 0.3) is 15.3 Å². The maximum atomic E-state index is 12.5. The van der Waals surface area contributed by atoms with E-state index in [2.05, 4.69) is 9.97 Å². The number of thiazole rings is 1. The zero-order chi connectivity index (χ0) is 14.1. The normalized spacial score (nSPS) is 10.9. The molecule has 0 fully saturated rings. The molecule has 7 heteroatoms. The standard InChI is InChI=1S/C13H12N4O2S/c1-16(19-2)13(18)11-12(9-4-3-5-14-6-9)20-10-7-15-8-17(10)11/h3-8H,1-2H3. The minimum absolute atomic E-state index is 0.226. The Kier molecular flexibility index (Phi) is 3.21. The Bertz CT molecular complexity index is 750. The van der Waals surface area contributed by atoms with Crippen molar-refractivity contribution in [1.29, 1.82) is 0 Å². The van der Waals surface area contributed by atoms with E-state index in [9.17, 15) is 4.79 Å². The third-order valence-electron chi connectivity index (χ3n) is 2.95. The lowest BCUT2D eigenvalue weighted by molar-refractivity contribution is -0.0760. The fraction of sp³-hybridized carbons (Fsp3) is 0.154. The number of rotatable bonds is 3. The number of nitrogens with zero attached hydrogens (tertiary/aromatic N) is 4. The molecular weight excluding hydrogens is 276 g/mol. The van der Waals surface area contributed by atoms with Gasteiger partial charge < -0.3 is 0 Å². The highest BCUT2D eigenvalue weighted by atomic mass is 32.1. The number of pyridine rings is 1. The number of fused-ring (bicyclic) bond motifs is 1. The van der Waals surface area contributed by atoms with Crippen LogP contribution in [-0.4, -0.2) is 39.5 Å². The molecule has 0 aromatic carbocycles. The summed E-state index contributed by atoms with van der Waals surface area (Å²) in [7, 11) is 3.04. The summed E-state index contributed by atoms with van der Waals surface area (Å²) in [5.74, 6) is -0.226. The molecule has 1 amide bonds. The molecule has 0 atom stereocenters. The molecule has 20 heavy (non-hydrogen) atoms. The number of carbonyl (C=O) groups is 1. The highest BCUT2D eigenvalue weighted by Gasteiger charge is 2.23. The minimum atomic E-state index is -0.226. The van der Waals surface area contributed by atoms with Crippen LogP contribution in [-0.2, 0) is 4.84 Å². The van der Waals surface area contributed by atoms with E-state index < -0.39 is 0 Å². The summed E-state index contributed by atoms with van der Waals surface area (Å²) >= 11 is 1.50. The molecule has 0 bridgehead atoms. The molecule has 0 saturated carbocycles.